The number of hydrogen-bond acceptors (Lipinski definition) is 7. The van der Waals surface area contributed by atoms with Gasteiger partial charge in [-0.25, -0.2) is 0 Å². The molecule has 0 radical (unpaired) electrons. The third-order valence-corrected chi connectivity index (χ3v) is 6.85. The van der Waals surface area contributed by atoms with Gasteiger partial charge >= 0.3 is 0 Å². The monoisotopic (exact) mass is 366 g/mol. The summed E-state index contributed by atoms with van der Waals surface area (Å²) in [5, 5.41) is 0. The van der Waals surface area contributed by atoms with Crippen molar-refractivity contribution >= 4 is 5.78 Å². The van der Waals surface area contributed by atoms with Gasteiger partial charge in [0.1, 0.15) is 36.3 Å². The first kappa shape index (κ1) is 16.4. The van der Waals surface area contributed by atoms with E-state index in [0.29, 0.717) is 18.8 Å². The van der Waals surface area contributed by atoms with E-state index in [4.69, 9.17) is 28.4 Å². The summed E-state index contributed by atoms with van der Waals surface area (Å²) in [6.45, 7) is 1.50. The largest absolute Gasteiger partial charge is 0.381 e. The maximum absolute atomic E-state index is 12.4. The smallest absolute Gasteiger partial charge is 0.161 e. The Labute approximate surface area is 152 Å². The summed E-state index contributed by atoms with van der Waals surface area (Å²) >= 11 is 0. The van der Waals surface area contributed by atoms with Gasteiger partial charge in [-0.3, -0.25) is 4.79 Å². The normalized spacial score (nSPS) is 54.3. The molecular weight excluding hydrogens is 340 g/mol. The second-order valence-electron chi connectivity index (χ2n) is 8.62. The fourth-order valence-corrected chi connectivity index (χ4v) is 5.64. The minimum atomic E-state index is -0.208. The maximum Gasteiger partial charge on any atom is 0.161 e. The van der Waals surface area contributed by atoms with E-state index < -0.39 is 0 Å². The molecule has 7 heteroatoms. The highest BCUT2D eigenvalue weighted by Crippen LogP contribution is 2.48. The number of carbonyl (C=O) groups excluding carboxylic acids is 1. The standard InChI is InChI=1S/C19H26O7/c20-10(5-9-3-4-21-8-9)6-11-1-2-12-15(22-11)18-19-17(23-12)16-13(24-19)7-14(25-16)26-18/h9,11-19H,1-8H2/t9?,11-,12+,13-,14+,15?,16?,17?,18+,19-/m1/s1. The zero-order chi connectivity index (χ0) is 17.3. The van der Waals surface area contributed by atoms with E-state index in [0.717, 1.165) is 38.9 Å². The van der Waals surface area contributed by atoms with Crippen LogP contribution in [0.2, 0.25) is 0 Å². The number of carbonyl (C=O) groups is 1. The Morgan fingerprint density at radius 2 is 1.54 bits per heavy atom. The van der Waals surface area contributed by atoms with Gasteiger partial charge in [-0.15, -0.1) is 0 Å². The van der Waals surface area contributed by atoms with Gasteiger partial charge in [-0.05, 0) is 25.2 Å². The summed E-state index contributed by atoms with van der Waals surface area (Å²) in [5.74, 6) is 0.665. The van der Waals surface area contributed by atoms with Gasteiger partial charge in [-0.2, -0.15) is 0 Å². The molecule has 0 N–H and O–H groups in total. The predicted octanol–water partition coefficient (Wildman–Crippen LogP) is 0.968. The molecule has 0 aromatic heterocycles. The second kappa shape index (κ2) is 6.22. The first-order valence-corrected chi connectivity index (χ1v) is 10.1. The average molecular weight is 366 g/mol. The molecule has 7 saturated heterocycles. The molecule has 7 rings (SSSR count). The van der Waals surface area contributed by atoms with E-state index >= 15 is 0 Å². The summed E-state index contributed by atoms with van der Waals surface area (Å²) in [4.78, 5) is 12.4. The summed E-state index contributed by atoms with van der Waals surface area (Å²) in [5.41, 5.74) is 0. The molecule has 10 atom stereocenters. The van der Waals surface area contributed by atoms with E-state index in [1.165, 1.54) is 0 Å². The van der Waals surface area contributed by atoms with Gasteiger partial charge in [0.05, 0.1) is 18.3 Å². The molecule has 4 unspecified atom stereocenters. The van der Waals surface area contributed by atoms with Crippen molar-refractivity contribution in [3.63, 3.8) is 0 Å². The number of rotatable bonds is 4. The first-order chi connectivity index (χ1) is 12.7. The molecule has 7 nitrogen and oxygen atoms in total. The Morgan fingerprint density at radius 3 is 2.42 bits per heavy atom. The van der Waals surface area contributed by atoms with Gasteiger partial charge in [0, 0.05) is 32.5 Å². The maximum atomic E-state index is 12.4. The molecule has 0 aliphatic carbocycles. The van der Waals surface area contributed by atoms with Crippen LogP contribution in [0.25, 0.3) is 0 Å². The summed E-state index contributed by atoms with van der Waals surface area (Å²) in [7, 11) is 0. The molecule has 144 valence electrons. The average Bonchev–Trinajstić information content (AvgIpc) is 3.26. The second-order valence-corrected chi connectivity index (χ2v) is 8.62. The summed E-state index contributed by atoms with van der Waals surface area (Å²) < 4.78 is 36.4. The number of Topliss-reactive ketones (excluding diaryl/α,β-unsaturated/α-hetero) is 1. The summed E-state index contributed by atoms with van der Waals surface area (Å²) in [6, 6.07) is 0. The van der Waals surface area contributed by atoms with Gasteiger partial charge in [0.2, 0.25) is 0 Å². The minimum absolute atomic E-state index is 0.00359. The van der Waals surface area contributed by atoms with Crippen molar-refractivity contribution < 1.29 is 33.2 Å². The minimum Gasteiger partial charge on any atom is -0.381 e. The van der Waals surface area contributed by atoms with E-state index in [1.807, 2.05) is 0 Å². The van der Waals surface area contributed by atoms with Gasteiger partial charge < -0.3 is 28.4 Å². The first-order valence-electron chi connectivity index (χ1n) is 10.1. The highest BCUT2D eigenvalue weighted by molar-refractivity contribution is 5.79. The fourth-order valence-electron chi connectivity index (χ4n) is 5.64. The van der Waals surface area contributed by atoms with Crippen molar-refractivity contribution in [3.8, 4) is 0 Å². The van der Waals surface area contributed by atoms with E-state index in [2.05, 4.69) is 0 Å². The van der Waals surface area contributed by atoms with Crippen molar-refractivity contribution in [1.29, 1.82) is 0 Å². The topological polar surface area (TPSA) is 72.5 Å². The van der Waals surface area contributed by atoms with Gasteiger partial charge in [-0.1, -0.05) is 0 Å². The Bertz CT molecular complexity index is 576. The molecule has 7 aliphatic heterocycles. The number of hydrogen-bond donors (Lipinski definition) is 0. The molecule has 26 heavy (non-hydrogen) atoms. The van der Waals surface area contributed by atoms with Crippen LogP contribution in [0.4, 0.5) is 0 Å². The van der Waals surface area contributed by atoms with Crippen molar-refractivity contribution in [1.82, 2.24) is 0 Å². The third-order valence-electron chi connectivity index (χ3n) is 6.85. The number of fused-ring (bicyclic) bond motifs is 1. The Kier molecular flexibility index (Phi) is 3.92. The molecule has 0 spiro atoms. The van der Waals surface area contributed by atoms with Crippen LogP contribution in [0.1, 0.15) is 38.5 Å². The molecule has 0 aromatic carbocycles. The summed E-state index contributed by atoms with van der Waals surface area (Å²) in [6.07, 6.45) is 4.01. The zero-order valence-electron chi connectivity index (χ0n) is 14.8. The molecule has 6 bridgehead atoms. The van der Waals surface area contributed by atoms with Crippen LogP contribution in [0.5, 0.6) is 0 Å². The molecule has 7 aliphatic rings. The number of ketones is 1. The van der Waals surface area contributed by atoms with Crippen molar-refractivity contribution in [3.05, 3.63) is 0 Å². The van der Waals surface area contributed by atoms with Crippen LogP contribution in [-0.4, -0.2) is 74.1 Å². The molecular formula is C19H26O7. The van der Waals surface area contributed by atoms with Crippen molar-refractivity contribution in [2.75, 3.05) is 13.2 Å². The van der Waals surface area contributed by atoms with Gasteiger partial charge in [0.25, 0.3) is 0 Å². The predicted molar refractivity (Wildman–Crippen MR) is 86.5 cm³/mol. The molecule has 0 amide bonds. The lowest BCUT2D eigenvalue weighted by molar-refractivity contribution is -0.264. The molecule has 7 fully saturated rings. The van der Waals surface area contributed by atoms with Crippen LogP contribution >= 0.6 is 0 Å². The highest BCUT2D eigenvalue weighted by Gasteiger charge is 2.64. The molecule has 0 saturated carbocycles. The highest BCUT2D eigenvalue weighted by atomic mass is 16.8. The Hall–Kier alpha value is -0.570. The van der Waals surface area contributed by atoms with E-state index in [9.17, 15) is 4.79 Å². The van der Waals surface area contributed by atoms with E-state index in [-0.39, 0.29) is 60.9 Å². The number of ether oxygens (including phenoxy) is 6. The fraction of sp³-hybridized carbons (Fsp3) is 0.947. The lowest BCUT2D eigenvalue weighted by Gasteiger charge is -2.46. The van der Waals surface area contributed by atoms with Crippen LogP contribution in [0, 0.1) is 5.92 Å². The van der Waals surface area contributed by atoms with Crippen LogP contribution < -0.4 is 0 Å². The molecule has 0 aromatic rings. The van der Waals surface area contributed by atoms with Crippen molar-refractivity contribution in [2.45, 2.75) is 93.6 Å². The van der Waals surface area contributed by atoms with E-state index in [1.54, 1.807) is 0 Å². The SMILES string of the molecule is O=C(CC1CCOC1)C[C@H]1CC[C@@H]2OC3C4O[C@@H]5C[C@H]4O[C@H]3[C@@H](O5)C2O1. The molecule has 7 heterocycles. The zero-order valence-corrected chi connectivity index (χ0v) is 14.8. The lowest BCUT2D eigenvalue weighted by atomic mass is 9.87. The van der Waals surface area contributed by atoms with Crippen molar-refractivity contribution in [2.24, 2.45) is 5.92 Å². The van der Waals surface area contributed by atoms with Gasteiger partial charge in [0.15, 0.2) is 6.29 Å². The Morgan fingerprint density at radius 1 is 0.769 bits per heavy atom. The third kappa shape index (κ3) is 2.59. The van der Waals surface area contributed by atoms with Crippen LogP contribution in [0.3, 0.4) is 0 Å². The lowest BCUT2D eigenvalue weighted by Crippen LogP contribution is -2.61. The quantitative estimate of drug-likeness (QED) is 0.734. The van der Waals surface area contributed by atoms with Crippen LogP contribution in [-0.2, 0) is 33.2 Å². The Balaban J connectivity index is 1.13. The van der Waals surface area contributed by atoms with Crippen LogP contribution in [0.15, 0.2) is 0 Å².